The average Bonchev–Trinajstić information content (AvgIpc) is 2.61. The lowest BCUT2D eigenvalue weighted by Crippen LogP contribution is -1.96. The number of nitrogen functional groups attached to an aromatic ring is 1. The van der Waals surface area contributed by atoms with Crippen LogP contribution in [-0.4, -0.2) is 19.7 Å². The van der Waals surface area contributed by atoms with E-state index in [2.05, 4.69) is 15.1 Å². The van der Waals surface area contributed by atoms with Gasteiger partial charge in [0.2, 0.25) is 0 Å². The highest BCUT2D eigenvalue weighted by molar-refractivity contribution is 7.98. The molecule has 0 spiro atoms. The van der Waals surface area contributed by atoms with Gasteiger partial charge in [-0.2, -0.15) is 5.10 Å². The van der Waals surface area contributed by atoms with Gasteiger partial charge < -0.3 is 5.73 Å². The zero-order valence-corrected chi connectivity index (χ0v) is 9.11. The number of aryl methyl sites for hydroxylation is 1. The van der Waals surface area contributed by atoms with Gasteiger partial charge in [-0.25, -0.2) is 14.6 Å². The van der Waals surface area contributed by atoms with Gasteiger partial charge in [-0.05, 0) is 12.1 Å². The van der Waals surface area contributed by atoms with E-state index in [9.17, 15) is 0 Å². The van der Waals surface area contributed by atoms with Crippen LogP contribution in [-0.2, 0) is 12.8 Å². The molecule has 0 fully saturated rings. The Balaban J connectivity index is 2.02. The summed E-state index contributed by atoms with van der Waals surface area (Å²) in [6.07, 6.45) is 1.54. The highest BCUT2D eigenvalue weighted by Gasteiger charge is 2.02. The maximum atomic E-state index is 5.58. The Kier molecular flexibility index (Phi) is 2.86. The molecule has 0 aliphatic rings. The van der Waals surface area contributed by atoms with E-state index in [4.69, 9.17) is 5.73 Å². The molecule has 2 aromatic heterocycles. The minimum atomic E-state index is 0.547. The Morgan fingerprint density at radius 2 is 2.33 bits per heavy atom. The van der Waals surface area contributed by atoms with E-state index in [1.54, 1.807) is 22.5 Å². The molecule has 2 N–H and O–H groups in total. The molecule has 0 saturated carbocycles. The Morgan fingerprint density at radius 3 is 3.00 bits per heavy atom. The number of anilines is 1. The van der Waals surface area contributed by atoms with Gasteiger partial charge in [0.1, 0.15) is 12.1 Å². The van der Waals surface area contributed by atoms with Crippen LogP contribution in [0.15, 0.2) is 29.7 Å². The lowest BCUT2D eigenvalue weighted by molar-refractivity contribution is 0.685. The van der Waals surface area contributed by atoms with Crippen molar-refractivity contribution in [3.05, 3.63) is 30.2 Å². The summed E-state index contributed by atoms with van der Waals surface area (Å²) in [6.45, 7) is 0. The number of rotatable bonds is 3. The number of aromatic nitrogens is 4. The molecule has 0 saturated heterocycles. The van der Waals surface area contributed by atoms with Crippen LogP contribution in [0, 0.1) is 0 Å². The molecule has 0 atom stereocenters. The van der Waals surface area contributed by atoms with Crippen molar-refractivity contribution in [2.24, 2.45) is 7.05 Å². The number of hydrogen-bond donors (Lipinski definition) is 1. The third kappa shape index (κ3) is 2.47. The highest BCUT2D eigenvalue weighted by atomic mass is 32.2. The number of hydrogen-bond acceptors (Lipinski definition) is 5. The second kappa shape index (κ2) is 4.31. The van der Waals surface area contributed by atoms with Crippen LogP contribution < -0.4 is 5.73 Å². The van der Waals surface area contributed by atoms with Gasteiger partial charge in [0, 0.05) is 12.8 Å². The van der Waals surface area contributed by atoms with Gasteiger partial charge in [0.15, 0.2) is 5.16 Å². The van der Waals surface area contributed by atoms with Crippen molar-refractivity contribution < 1.29 is 0 Å². The second-order valence-corrected chi connectivity index (χ2v) is 3.95. The van der Waals surface area contributed by atoms with Crippen molar-refractivity contribution in [1.82, 2.24) is 19.7 Å². The number of nitrogens with two attached hydrogens (primary N) is 1. The van der Waals surface area contributed by atoms with Crippen molar-refractivity contribution >= 4 is 17.6 Å². The van der Waals surface area contributed by atoms with E-state index in [-0.39, 0.29) is 0 Å². The summed E-state index contributed by atoms with van der Waals surface area (Å²) in [6, 6.07) is 5.62. The zero-order chi connectivity index (χ0) is 10.7. The van der Waals surface area contributed by atoms with Crippen molar-refractivity contribution in [1.29, 1.82) is 0 Å². The molecular formula is C9H11N5S. The van der Waals surface area contributed by atoms with Crippen molar-refractivity contribution in [2.75, 3.05) is 5.73 Å². The number of thioether (sulfide) groups is 1. The predicted octanol–water partition coefficient (Wildman–Crippen LogP) is 1.08. The van der Waals surface area contributed by atoms with E-state index in [0.29, 0.717) is 5.82 Å². The second-order valence-electron chi connectivity index (χ2n) is 3.01. The smallest absolute Gasteiger partial charge is 0.186 e. The molecule has 0 unspecified atom stereocenters. The summed E-state index contributed by atoms with van der Waals surface area (Å²) >= 11 is 1.59. The molecule has 5 nitrogen and oxygen atoms in total. The van der Waals surface area contributed by atoms with Crippen LogP contribution >= 0.6 is 11.8 Å². The highest BCUT2D eigenvalue weighted by Crippen LogP contribution is 2.18. The molecule has 0 aliphatic carbocycles. The van der Waals surface area contributed by atoms with Crippen molar-refractivity contribution in [2.45, 2.75) is 10.9 Å². The maximum Gasteiger partial charge on any atom is 0.186 e. The Labute approximate surface area is 91.7 Å². The molecule has 0 bridgehead atoms. The molecule has 0 aliphatic heterocycles. The Hall–Kier alpha value is -1.56. The van der Waals surface area contributed by atoms with Gasteiger partial charge in [-0.15, -0.1) is 0 Å². The summed E-state index contributed by atoms with van der Waals surface area (Å²) in [7, 11) is 1.86. The minimum Gasteiger partial charge on any atom is -0.384 e. The SMILES string of the molecule is Cn1ncnc1SCc1cccc(N)n1. The fraction of sp³-hybridized carbons (Fsp3) is 0.222. The predicted molar refractivity (Wildman–Crippen MR) is 59.2 cm³/mol. The molecule has 15 heavy (non-hydrogen) atoms. The van der Waals surface area contributed by atoms with E-state index < -0.39 is 0 Å². The normalized spacial score (nSPS) is 10.5. The third-order valence-electron chi connectivity index (χ3n) is 1.85. The first-order chi connectivity index (χ1) is 7.25. The monoisotopic (exact) mass is 221 g/mol. The van der Waals surface area contributed by atoms with Crippen molar-refractivity contribution in [3.63, 3.8) is 0 Å². The first-order valence-corrected chi connectivity index (χ1v) is 5.42. The largest absolute Gasteiger partial charge is 0.384 e. The summed E-state index contributed by atoms with van der Waals surface area (Å²) in [5.74, 6) is 1.29. The lowest BCUT2D eigenvalue weighted by Gasteiger charge is -2.00. The standard InChI is InChI=1S/C9H11N5S/c1-14-9(11-6-12-14)15-5-7-3-2-4-8(10)13-7/h2-4,6H,5H2,1H3,(H2,10,13). The summed E-state index contributed by atoms with van der Waals surface area (Å²) in [4.78, 5) is 8.31. The third-order valence-corrected chi connectivity index (χ3v) is 2.92. The van der Waals surface area contributed by atoms with Crippen molar-refractivity contribution in [3.8, 4) is 0 Å². The quantitative estimate of drug-likeness (QED) is 0.785. The average molecular weight is 221 g/mol. The molecule has 78 valence electrons. The fourth-order valence-corrected chi connectivity index (χ4v) is 1.93. The van der Waals surface area contributed by atoms with Crippen LogP contribution in [0.1, 0.15) is 5.69 Å². The van der Waals surface area contributed by atoms with Crippen LogP contribution in [0.25, 0.3) is 0 Å². The number of pyridine rings is 1. The molecule has 0 amide bonds. The van der Waals surface area contributed by atoms with E-state index in [1.165, 1.54) is 6.33 Å². The van der Waals surface area contributed by atoms with Gasteiger partial charge >= 0.3 is 0 Å². The van der Waals surface area contributed by atoms with Gasteiger partial charge in [0.05, 0.1) is 5.69 Å². The molecule has 0 aromatic carbocycles. The molecular weight excluding hydrogens is 210 g/mol. The first kappa shape index (κ1) is 9.97. The summed E-state index contributed by atoms with van der Waals surface area (Å²) < 4.78 is 1.73. The van der Waals surface area contributed by atoms with E-state index in [0.717, 1.165) is 16.6 Å². The fourth-order valence-electron chi connectivity index (χ4n) is 1.13. The molecule has 2 rings (SSSR count). The van der Waals surface area contributed by atoms with Gasteiger partial charge in [-0.3, -0.25) is 0 Å². The minimum absolute atomic E-state index is 0.547. The van der Waals surface area contributed by atoms with Gasteiger partial charge in [0.25, 0.3) is 0 Å². The first-order valence-electron chi connectivity index (χ1n) is 4.44. The molecule has 0 radical (unpaired) electrons. The van der Waals surface area contributed by atoms with E-state index in [1.807, 2.05) is 19.2 Å². The maximum absolute atomic E-state index is 5.58. The van der Waals surface area contributed by atoms with E-state index >= 15 is 0 Å². The lowest BCUT2D eigenvalue weighted by atomic mass is 10.4. The summed E-state index contributed by atoms with van der Waals surface area (Å²) in [5, 5.41) is 4.86. The molecule has 2 heterocycles. The number of nitrogens with zero attached hydrogens (tertiary/aromatic N) is 4. The van der Waals surface area contributed by atoms with Crippen LogP contribution in [0.4, 0.5) is 5.82 Å². The zero-order valence-electron chi connectivity index (χ0n) is 8.29. The van der Waals surface area contributed by atoms with Crippen LogP contribution in [0.3, 0.4) is 0 Å². The Bertz CT molecular complexity index is 453. The van der Waals surface area contributed by atoms with Gasteiger partial charge in [-0.1, -0.05) is 17.8 Å². The Morgan fingerprint density at radius 1 is 1.47 bits per heavy atom. The van der Waals surface area contributed by atoms with Crippen LogP contribution in [0.5, 0.6) is 0 Å². The summed E-state index contributed by atoms with van der Waals surface area (Å²) in [5.41, 5.74) is 6.53. The topological polar surface area (TPSA) is 69.6 Å². The van der Waals surface area contributed by atoms with Crippen LogP contribution in [0.2, 0.25) is 0 Å². The molecule has 6 heteroatoms. The molecule has 2 aromatic rings.